The van der Waals surface area contributed by atoms with Crippen molar-refractivity contribution in [2.24, 2.45) is 0 Å². The topological polar surface area (TPSA) is 56.1 Å². The predicted molar refractivity (Wildman–Crippen MR) is 74.1 cm³/mol. The summed E-state index contributed by atoms with van der Waals surface area (Å²) in [7, 11) is 1.41. The van der Waals surface area contributed by atoms with Crippen molar-refractivity contribution in [1.29, 1.82) is 5.26 Å². The highest BCUT2D eigenvalue weighted by Crippen LogP contribution is 2.30. The van der Waals surface area contributed by atoms with Crippen molar-refractivity contribution in [3.8, 4) is 6.07 Å². The highest BCUT2D eigenvalue weighted by atomic mass is 19.4. The van der Waals surface area contributed by atoms with Crippen molar-refractivity contribution in [2.75, 3.05) is 13.6 Å². The lowest BCUT2D eigenvalue weighted by Gasteiger charge is -2.38. The number of carbonyl (C=O) groups is 1. The number of piperidine rings is 1. The van der Waals surface area contributed by atoms with Crippen LogP contribution in [0, 0.1) is 11.3 Å². The second kappa shape index (κ2) is 6.36. The maximum atomic E-state index is 12.8. The van der Waals surface area contributed by atoms with Gasteiger partial charge in [0.1, 0.15) is 6.04 Å². The molecule has 1 heterocycles. The van der Waals surface area contributed by atoms with Crippen LogP contribution in [0.2, 0.25) is 0 Å². The predicted octanol–water partition coefficient (Wildman–Crippen LogP) is 2.31. The van der Waals surface area contributed by atoms with E-state index in [9.17, 15) is 18.0 Å². The van der Waals surface area contributed by atoms with Gasteiger partial charge in [-0.1, -0.05) is 6.07 Å². The molecule has 118 valence electrons. The SMILES string of the molecule is CN1CC(NC(=O)c2cccc(C#N)c2)CCC1C(F)(F)F. The van der Waals surface area contributed by atoms with Crippen LogP contribution in [0.3, 0.4) is 0 Å². The first kappa shape index (κ1) is 16.3. The summed E-state index contributed by atoms with van der Waals surface area (Å²) in [5, 5.41) is 11.5. The molecule has 1 N–H and O–H groups in total. The third kappa shape index (κ3) is 3.77. The quantitative estimate of drug-likeness (QED) is 0.912. The van der Waals surface area contributed by atoms with E-state index in [0.717, 1.165) is 0 Å². The fourth-order valence-electron chi connectivity index (χ4n) is 2.68. The molecular formula is C15H16F3N3O. The molecule has 0 bridgehead atoms. The van der Waals surface area contributed by atoms with Crippen LogP contribution in [-0.2, 0) is 0 Å². The Kier molecular flexibility index (Phi) is 4.71. The lowest BCUT2D eigenvalue weighted by Crippen LogP contribution is -2.54. The van der Waals surface area contributed by atoms with Gasteiger partial charge < -0.3 is 5.32 Å². The first-order chi connectivity index (χ1) is 10.3. The van der Waals surface area contributed by atoms with Crippen LogP contribution < -0.4 is 5.32 Å². The molecule has 1 aromatic rings. The highest BCUT2D eigenvalue weighted by Gasteiger charge is 2.44. The Bertz CT molecular complexity index is 594. The molecule has 1 aromatic carbocycles. The maximum Gasteiger partial charge on any atom is 0.404 e. The fourth-order valence-corrected chi connectivity index (χ4v) is 2.68. The standard InChI is InChI=1S/C15H16F3N3O/c1-21-9-12(5-6-13(21)15(16,17)18)20-14(22)11-4-2-3-10(7-11)8-19/h2-4,7,12-13H,5-6,9H2,1H3,(H,20,22). The van der Waals surface area contributed by atoms with Gasteiger partial charge in [-0.05, 0) is 38.1 Å². The summed E-state index contributed by atoms with van der Waals surface area (Å²) >= 11 is 0. The van der Waals surface area contributed by atoms with Gasteiger partial charge in [0.05, 0.1) is 11.6 Å². The van der Waals surface area contributed by atoms with Crippen LogP contribution in [0.4, 0.5) is 13.2 Å². The summed E-state index contributed by atoms with van der Waals surface area (Å²) in [6.45, 7) is 0.147. The number of nitrogens with one attached hydrogen (secondary N) is 1. The van der Waals surface area contributed by atoms with Crippen LogP contribution in [0.5, 0.6) is 0 Å². The first-order valence-corrected chi connectivity index (χ1v) is 6.89. The van der Waals surface area contributed by atoms with Gasteiger partial charge in [-0.3, -0.25) is 9.69 Å². The minimum atomic E-state index is -4.25. The molecule has 1 aliphatic heterocycles. The Morgan fingerprint density at radius 1 is 1.41 bits per heavy atom. The Morgan fingerprint density at radius 2 is 2.14 bits per heavy atom. The number of amides is 1. The molecule has 22 heavy (non-hydrogen) atoms. The molecule has 2 rings (SSSR count). The number of likely N-dealkylation sites (N-methyl/N-ethyl adjacent to an activating group) is 1. The average Bonchev–Trinajstić information content (AvgIpc) is 2.46. The highest BCUT2D eigenvalue weighted by molar-refractivity contribution is 5.94. The van der Waals surface area contributed by atoms with E-state index >= 15 is 0 Å². The van der Waals surface area contributed by atoms with Gasteiger partial charge in [-0.2, -0.15) is 18.4 Å². The summed E-state index contributed by atoms with van der Waals surface area (Å²) < 4.78 is 38.3. The molecule has 7 heteroatoms. The third-order valence-corrected chi connectivity index (χ3v) is 3.80. The summed E-state index contributed by atoms with van der Waals surface area (Å²) in [5.41, 5.74) is 0.699. The first-order valence-electron chi connectivity index (χ1n) is 6.89. The zero-order valence-corrected chi connectivity index (χ0v) is 12.0. The maximum absolute atomic E-state index is 12.8. The number of rotatable bonds is 2. The normalized spacial score (nSPS) is 22.9. The molecule has 1 fully saturated rings. The molecule has 0 spiro atoms. The summed E-state index contributed by atoms with van der Waals surface area (Å²) in [6, 6.07) is 6.36. The fraction of sp³-hybridized carbons (Fsp3) is 0.467. The van der Waals surface area contributed by atoms with Crippen molar-refractivity contribution in [1.82, 2.24) is 10.2 Å². The zero-order valence-electron chi connectivity index (χ0n) is 12.0. The van der Waals surface area contributed by atoms with Crippen LogP contribution in [0.15, 0.2) is 24.3 Å². The van der Waals surface area contributed by atoms with E-state index in [2.05, 4.69) is 5.32 Å². The molecule has 2 unspecified atom stereocenters. The van der Waals surface area contributed by atoms with Crippen LogP contribution in [0.1, 0.15) is 28.8 Å². The van der Waals surface area contributed by atoms with Crippen LogP contribution in [0.25, 0.3) is 0 Å². The van der Waals surface area contributed by atoms with Crippen LogP contribution >= 0.6 is 0 Å². The molecule has 0 radical (unpaired) electrons. The third-order valence-electron chi connectivity index (χ3n) is 3.80. The molecule has 1 amide bonds. The minimum Gasteiger partial charge on any atom is -0.348 e. The summed E-state index contributed by atoms with van der Waals surface area (Å²) in [6.07, 6.45) is -4.01. The molecule has 0 aliphatic carbocycles. The number of likely N-dealkylation sites (tertiary alicyclic amines) is 1. The Hall–Kier alpha value is -2.07. The van der Waals surface area contributed by atoms with Gasteiger partial charge in [0.15, 0.2) is 0 Å². The van der Waals surface area contributed by atoms with Crippen molar-refractivity contribution in [2.45, 2.75) is 31.1 Å². The largest absolute Gasteiger partial charge is 0.404 e. The number of benzene rings is 1. The number of hydrogen-bond donors (Lipinski definition) is 1. The average molecular weight is 311 g/mol. The lowest BCUT2D eigenvalue weighted by molar-refractivity contribution is -0.188. The number of halogens is 3. The minimum absolute atomic E-state index is 0.0385. The van der Waals surface area contributed by atoms with Crippen molar-refractivity contribution in [3.05, 3.63) is 35.4 Å². The number of nitrogens with zero attached hydrogens (tertiary/aromatic N) is 2. The second-order valence-electron chi connectivity index (χ2n) is 5.44. The van der Waals surface area contributed by atoms with E-state index in [1.54, 1.807) is 18.2 Å². The van der Waals surface area contributed by atoms with Gasteiger partial charge in [0.2, 0.25) is 0 Å². The zero-order chi connectivity index (χ0) is 16.3. The monoisotopic (exact) mass is 311 g/mol. The van der Waals surface area contributed by atoms with Gasteiger partial charge >= 0.3 is 6.18 Å². The smallest absolute Gasteiger partial charge is 0.348 e. The number of carbonyl (C=O) groups excluding carboxylic acids is 1. The molecular weight excluding hydrogens is 295 g/mol. The molecule has 0 saturated carbocycles. The Labute approximate surface area is 126 Å². The van der Waals surface area contributed by atoms with Crippen molar-refractivity contribution < 1.29 is 18.0 Å². The Balaban J connectivity index is 1.98. The van der Waals surface area contributed by atoms with Gasteiger partial charge in [-0.25, -0.2) is 0 Å². The van der Waals surface area contributed by atoms with Crippen LogP contribution in [-0.4, -0.2) is 42.7 Å². The summed E-state index contributed by atoms with van der Waals surface area (Å²) in [4.78, 5) is 13.3. The van der Waals surface area contributed by atoms with Gasteiger partial charge in [0, 0.05) is 18.2 Å². The van der Waals surface area contributed by atoms with E-state index in [1.165, 1.54) is 18.0 Å². The summed E-state index contributed by atoms with van der Waals surface area (Å²) in [5.74, 6) is -0.374. The van der Waals surface area contributed by atoms with E-state index in [1.807, 2.05) is 6.07 Å². The number of alkyl halides is 3. The molecule has 0 aromatic heterocycles. The molecule has 1 aliphatic rings. The van der Waals surface area contributed by atoms with Crippen molar-refractivity contribution in [3.63, 3.8) is 0 Å². The second-order valence-corrected chi connectivity index (χ2v) is 5.44. The van der Waals surface area contributed by atoms with Crippen molar-refractivity contribution >= 4 is 5.91 Å². The molecule has 2 atom stereocenters. The van der Waals surface area contributed by atoms with Gasteiger partial charge in [-0.15, -0.1) is 0 Å². The van der Waals surface area contributed by atoms with E-state index < -0.39 is 12.2 Å². The number of nitriles is 1. The van der Waals surface area contributed by atoms with Gasteiger partial charge in [0.25, 0.3) is 5.91 Å². The number of hydrogen-bond acceptors (Lipinski definition) is 3. The molecule has 4 nitrogen and oxygen atoms in total. The van der Waals surface area contributed by atoms with E-state index in [0.29, 0.717) is 11.1 Å². The van der Waals surface area contributed by atoms with E-state index in [4.69, 9.17) is 5.26 Å². The van der Waals surface area contributed by atoms with E-state index in [-0.39, 0.29) is 31.3 Å². The lowest BCUT2D eigenvalue weighted by atomic mass is 9.98. The Morgan fingerprint density at radius 3 is 2.73 bits per heavy atom. The molecule has 1 saturated heterocycles.